The Balaban J connectivity index is 1.86. The lowest BCUT2D eigenvalue weighted by Gasteiger charge is -2.30. The summed E-state index contributed by atoms with van der Waals surface area (Å²) in [4.78, 5) is 25.6. The van der Waals surface area contributed by atoms with Gasteiger partial charge < -0.3 is 0 Å². The Morgan fingerprint density at radius 3 is 2.50 bits per heavy atom. The molecule has 4 heteroatoms. The van der Waals surface area contributed by atoms with Gasteiger partial charge in [-0.2, -0.15) is 0 Å². The summed E-state index contributed by atoms with van der Waals surface area (Å²) in [5.74, 6) is 0.0192. The number of Topliss-reactive ketones (excluding diaryl/α,β-unsaturated/α-hetero) is 2. The largest absolute Gasteiger partial charge is 0.299 e. The van der Waals surface area contributed by atoms with Crippen molar-refractivity contribution >= 4 is 22.4 Å². The third-order valence-corrected chi connectivity index (χ3v) is 6.33. The number of carbonyl (C=O) groups excluding carboxylic acids is 2. The van der Waals surface area contributed by atoms with Crippen LogP contribution in [0.2, 0.25) is 0 Å². The molecule has 20 heavy (non-hydrogen) atoms. The van der Waals surface area contributed by atoms with Crippen molar-refractivity contribution in [2.24, 2.45) is 5.41 Å². The molecule has 3 atom stereocenters. The van der Waals surface area contributed by atoms with E-state index in [1.807, 2.05) is 18.2 Å². The van der Waals surface area contributed by atoms with Crippen LogP contribution < -0.4 is 0 Å². The van der Waals surface area contributed by atoms with Crippen LogP contribution in [0.4, 0.5) is 0 Å². The summed E-state index contributed by atoms with van der Waals surface area (Å²) in [6.07, 6.45) is 4.16. The third-order valence-electron chi connectivity index (χ3n) is 4.62. The van der Waals surface area contributed by atoms with Crippen molar-refractivity contribution in [1.29, 1.82) is 0 Å². The zero-order chi connectivity index (χ0) is 14.2. The first-order valence-electron chi connectivity index (χ1n) is 7.18. The van der Waals surface area contributed by atoms with Crippen molar-refractivity contribution in [2.75, 3.05) is 0 Å². The maximum atomic E-state index is 12.7. The standard InChI is InChI=1S/C16H18O3S/c17-14-8-4-5-10-16(14)11-9-13(15(16)18)20(19)12-6-2-1-3-7-12/h1-3,6-7,13H,4-5,8-11H2. The summed E-state index contributed by atoms with van der Waals surface area (Å²) in [6, 6.07) is 9.10. The fourth-order valence-electron chi connectivity index (χ4n) is 3.48. The second-order valence-corrected chi connectivity index (χ2v) is 7.35. The zero-order valence-electron chi connectivity index (χ0n) is 11.3. The van der Waals surface area contributed by atoms with E-state index in [-0.39, 0.29) is 11.6 Å². The summed E-state index contributed by atoms with van der Waals surface area (Å²) in [7, 11) is -1.33. The van der Waals surface area contributed by atoms with E-state index in [9.17, 15) is 13.8 Å². The molecule has 1 spiro atoms. The molecule has 0 bridgehead atoms. The van der Waals surface area contributed by atoms with Gasteiger partial charge in [-0.05, 0) is 37.8 Å². The van der Waals surface area contributed by atoms with E-state index in [2.05, 4.69) is 0 Å². The van der Waals surface area contributed by atoms with Crippen LogP contribution in [-0.4, -0.2) is 21.0 Å². The molecule has 106 valence electrons. The maximum absolute atomic E-state index is 12.7. The van der Waals surface area contributed by atoms with Crippen LogP contribution in [0.3, 0.4) is 0 Å². The van der Waals surface area contributed by atoms with Gasteiger partial charge in [0.05, 0.1) is 21.5 Å². The van der Waals surface area contributed by atoms with Crippen molar-refractivity contribution in [3.63, 3.8) is 0 Å². The molecule has 0 saturated heterocycles. The van der Waals surface area contributed by atoms with E-state index in [1.165, 1.54) is 0 Å². The first-order chi connectivity index (χ1) is 9.65. The van der Waals surface area contributed by atoms with E-state index in [0.717, 1.165) is 12.8 Å². The molecule has 1 aromatic carbocycles. The third kappa shape index (κ3) is 2.06. The highest BCUT2D eigenvalue weighted by atomic mass is 32.2. The van der Waals surface area contributed by atoms with Gasteiger partial charge in [-0.15, -0.1) is 0 Å². The van der Waals surface area contributed by atoms with Gasteiger partial charge in [-0.3, -0.25) is 13.8 Å². The fraction of sp³-hybridized carbons (Fsp3) is 0.500. The maximum Gasteiger partial charge on any atom is 0.162 e. The lowest BCUT2D eigenvalue weighted by molar-refractivity contribution is -0.140. The molecule has 0 radical (unpaired) electrons. The molecule has 0 heterocycles. The predicted octanol–water partition coefficient (Wildman–Crippen LogP) is 2.66. The smallest absolute Gasteiger partial charge is 0.162 e. The first-order valence-corrected chi connectivity index (χ1v) is 8.40. The molecule has 3 unspecified atom stereocenters. The van der Waals surface area contributed by atoms with Crippen LogP contribution >= 0.6 is 0 Å². The Morgan fingerprint density at radius 2 is 1.80 bits per heavy atom. The van der Waals surface area contributed by atoms with Gasteiger partial charge in [-0.1, -0.05) is 24.6 Å². The highest BCUT2D eigenvalue weighted by molar-refractivity contribution is 7.86. The van der Waals surface area contributed by atoms with Crippen LogP contribution in [0.15, 0.2) is 35.2 Å². The summed E-state index contributed by atoms with van der Waals surface area (Å²) in [5.41, 5.74) is -0.798. The average Bonchev–Trinajstić information content (AvgIpc) is 2.81. The molecule has 0 aromatic heterocycles. The molecule has 3 rings (SSSR count). The second kappa shape index (κ2) is 5.24. The highest BCUT2D eigenvalue weighted by Gasteiger charge is 2.54. The molecule has 1 aromatic rings. The SMILES string of the molecule is O=C1CCCCC12CCC(S(=O)c1ccccc1)C2=O. The molecule has 0 amide bonds. The van der Waals surface area contributed by atoms with Crippen molar-refractivity contribution in [3.8, 4) is 0 Å². The molecule has 2 aliphatic rings. The number of hydrogen-bond donors (Lipinski definition) is 0. The van der Waals surface area contributed by atoms with Gasteiger partial charge in [0.1, 0.15) is 5.78 Å². The normalized spacial score (nSPS) is 31.7. The summed E-state index contributed by atoms with van der Waals surface area (Å²) in [5, 5.41) is -0.501. The minimum atomic E-state index is -1.33. The van der Waals surface area contributed by atoms with E-state index >= 15 is 0 Å². The van der Waals surface area contributed by atoms with Crippen LogP contribution in [-0.2, 0) is 20.4 Å². The lowest BCUT2D eigenvalue weighted by Crippen LogP contribution is -2.41. The average molecular weight is 290 g/mol. The molecule has 0 aliphatic heterocycles. The van der Waals surface area contributed by atoms with Crippen molar-refractivity contribution < 1.29 is 13.8 Å². The summed E-state index contributed by atoms with van der Waals surface area (Å²) in [6.45, 7) is 0. The van der Waals surface area contributed by atoms with Gasteiger partial charge in [0.2, 0.25) is 0 Å². The highest BCUT2D eigenvalue weighted by Crippen LogP contribution is 2.46. The Hall–Kier alpha value is -1.29. The molecule has 0 N–H and O–H groups in total. The molecule has 3 nitrogen and oxygen atoms in total. The first kappa shape index (κ1) is 13.7. The van der Waals surface area contributed by atoms with Gasteiger partial charge in [0, 0.05) is 11.3 Å². The number of carbonyl (C=O) groups is 2. The van der Waals surface area contributed by atoms with Crippen molar-refractivity contribution in [1.82, 2.24) is 0 Å². The Morgan fingerprint density at radius 1 is 1.05 bits per heavy atom. The summed E-state index contributed by atoms with van der Waals surface area (Å²) < 4.78 is 12.6. The van der Waals surface area contributed by atoms with Crippen molar-refractivity contribution in [3.05, 3.63) is 30.3 Å². The van der Waals surface area contributed by atoms with E-state index in [4.69, 9.17) is 0 Å². The quantitative estimate of drug-likeness (QED) is 0.787. The topological polar surface area (TPSA) is 51.2 Å². The minimum Gasteiger partial charge on any atom is -0.299 e. The number of rotatable bonds is 2. The van der Waals surface area contributed by atoms with Gasteiger partial charge in [0.15, 0.2) is 5.78 Å². The van der Waals surface area contributed by atoms with Gasteiger partial charge in [0.25, 0.3) is 0 Å². The molecule has 2 saturated carbocycles. The Kier molecular flexibility index (Phi) is 3.59. The Labute approximate surface area is 121 Å². The summed E-state index contributed by atoms with van der Waals surface area (Å²) >= 11 is 0. The van der Waals surface area contributed by atoms with E-state index < -0.39 is 21.5 Å². The molecular weight excluding hydrogens is 272 g/mol. The van der Waals surface area contributed by atoms with E-state index in [0.29, 0.717) is 30.6 Å². The molecule has 2 fully saturated rings. The number of benzene rings is 1. The number of hydrogen-bond acceptors (Lipinski definition) is 3. The van der Waals surface area contributed by atoms with Crippen LogP contribution in [0, 0.1) is 5.41 Å². The molecular formula is C16H18O3S. The minimum absolute atomic E-state index is 0.0654. The second-order valence-electron chi connectivity index (χ2n) is 5.71. The monoisotopic (exact) mass is 290 g/mol. The zero-order valence-corrected chi connectivity index (χ0v) is 12.2. The van der Waals surface area contributed by atoms with E-state index in [1.54, 1.807) is 12.1 Å². The lowest BCUT2D eigenvalue weighted by atomic mass is 9.71. The Bertz CT molecular complexity index is 566. The predicted molar refractivity (Wildman–Crippen MR) is 76.8 cm³/mol. The molecule has 2 aliphatic carbocycles. The van der Waals surface area contributed by atoms with Crippen LogP contribution in [0.25, 0.3) is 0 Å². The fourth-order valence-corrected chi connectivity index (χ4v) is 4.99. The van der Waals surface area contributed by atoms with Crippen molar-refractivity contribution in [2.45, 2.75) is 48.7 Å². The number of ketones is 2. The van der Waals surface area contributed by atoms with Crippen LogP contribution in [0.5, 0.6) is 0 Å². The van der Waals surface area contributed by atoms with Gasteiger partial charge in [-0.25, -0.2) is 0 Å². The van der Waals surface area contributed by atoms with Gasteiger partial charge >= 0.3 is 0 Å². The van der Waals surface area contributed by atoms with Crippen LogP contribution in [0.1, 0.15) is 38.5 Å².